The maximum Gasteiger partial charge on any atom is 0.261 e. The predicted molar refractivity (Wildman–Crippen MR) is 93.2 cm³/mol. The van der Waals surface area contributed by atoms with E-state index in [2.05, 4.69) is 22.9 Å². The Balaban J connectivity index is 2.36. The fourth-order valence-corrected chi connectivity index (χ4v) is 3.29. The zero-order chi connectivity index (χ0) is 17.0. The molecule has 0 radical (unpaired) electrons. The third-order valence-electron chi connectivity index (χ3n) is 3.05. The number of halogens is 1. The summed E-state index contributed by atoms with van der Waals surface area (Å²) in [6.07, 6.45) is 4.55. The van der Waals surface area contributed by atoms with Gasteiger partial charge in [-0.25, -0.2) is 8.42 Å². The third kappa shape index (κ3) is 3.72. The molecule has 1 N–H and O–H groups in total. The van der Waals surface area contributed by atoms with Gasteiger partial charge >= 0.3 is 0 Å². The average molecular weight is 351 g/mol. The molecule has 0 unspecified atom stereocenters. The van der Waals surface area contributed by atoms with Crippen LogP contribution in [-0.4, -0.2) is 20.5 Å². The van der Waals surface area contributed by atoms with E-state index in [9.17, 15) is 8.42 Å². The second-order valence-corrected chi connectivity index (χ2v) is 6.60. The minimum Gasteiger partial charge on any atom is -0.495 e. The van der Waals surface area contributed by atoms with Crippen LogP contribution in [0.5, 0.6) is 5.75 Å². The van der Waals surface area contributed by atoms with E-state index in [1.54, 1.807) is 18.2 Å². The zero-order valence-corrected chi connectivity index (χ0v) is 14.0. The first-order valence-electron chi connectivity index (χ1n) is 6.52. The van der Waals surface area contributed by atoms with Gasteiger partial charge in [0, 0.05) is 5.56 Å². The molecule has 0 spiro atoms. The van der Waals surface area contributed by atoms with E-state index in [4.69, 9.17) is 16.3 Å². The van der Waals surface area contributed by atoms with Crippen LogP contribution >= 0.6 is 11.6 Å². The lowest BCUT2D eigenvalue weighted by atomic mass is 10.2. The molecule has 0 aliphatic rings. The monoisotopic (exact) mass is 350 g/mol. The second kappa shape index (κ2) is 6.85. The first kappa shape index (κ1) is 17.1. The number of nitrogens with one attached hydrogen (secondary N) is 1. The number of aromatic nitrogens is 1. The minimum atomic E-state index is -3.80. The fourth-order valence-electron chi connectivity index (χ4n) is 1.91. The number of sulfonamides is 1. The highest BCUT2D eigenvalue weighted by Gasteiger charge is 2.17. The molecule has 0 bridgehead atoms. The number of hydrogen-bond donors (Lipinski definition) is 1. The van der Waals surface area contributed by atoms with Gasteiger partial charge < -0.3 is 4.74 Å². The van der Waals surface area contributed by atoms with E-state index in [-0.39, 0.29) is 9.92 Å². The summed E-state index contributed by atoms with van der Waals surface area (Å²) in [7, 11) is -2.34. The molecule has 2 rings (SSSR count). The lowest BCUT2D eigenvalue weighted by Gasteiger charge is -2.11. The van der Waals surface area contributed by atoms with Gasteiger partial charge in [-0.15, -0.1) is 0 Å². The van der Waals surface area contributed by atoms with Gasteiger partial charge in [-0.3, -0.25) is 9.71 Å². The molecule has 0 aliphatic heterocycles. The summed E-state index contributed by atoms with van der Waals surface area (Å²) in [5.41, 5.74) is 1.61. The molecule has 0 amide bonds. The summed E-state index contributed by atoms with van der Waals surface area (Å²) in [6.45, 7) is 7.31. The van der Waals surface area contributed by atoms with E-state index in [1.807, 2.05) is 0 Å². The molecule has 2 aromatic rings. The SMILES string of the molecule is C=Cc1cc(NS(=O)(=O)c2ccc(OC)c(Cl)c2)cnc1C=C. The number of anilines is 1. The number of rotatable bonds is 6. The quantitative estimate of drug-likeness (QED) is 0.859. The number of pyridine rings is 1. The van der Waals surface area contributed by atoms with E-state index in [1.165, 1.54) is 31.5 Å². The first-order valence-corrected chi connectivity index (χ1v) is 8.38. The maximum absolute atomic E-state index is 12.4. The third-order valence-corrected chi connectivity index (χ3v) is 4.72. The summed E-state index contributed by atoms with van der Waals surface area (Å²) in [6, 6.07) is 5.85. The molecule has 1 heterocycles. The Morgan fingerprint density at radius 2 is 2.00 bits per heavy atom. The number of hydrogen-bond acceptors (Lipinski definition) is 4. The molecule has 1 aromatic heterocycles. The van der Waals surface area contributed by atoms with Crippen molar-refractivity contribution in [3.05, 3.63) is 59.9 Å². The van der Waals surface area contributed by atoms with Gasteiger partial charge in [0.25, 0.3) is 10.0 Å². The van der Waals surface area contributed by atoms with Crippen molar-refractivity contribution in [2.45, 2.75) is 4.90 Å². The number of methoxy groups -OCH3 is 1. The molecule has 0 atom stereocenters. The van der Waals surface area contributed by atoms with Gasteiger partial charge in [0.15, 0.2) is 0 Å². The second-order valence-electron chi connectivity index (χ2n) is 4.51. The maximum atomic E-state index is 12.4. The van der Waals surface area contributed by atoms with Crippen LogP contribution in [0.4, 0.5) is 5.69 Å². The van der Waals surface area contributed by atoms with Gasteiger partial charge in [-0.1, -0.05) is 30.8 Å². The normalized spacial score (nSPS) is 10.9. The van der Waals surface area contributed by atoms with E-state index >= 15 is 0 Å². The Morgan fingerprint density at radius 3 is 2.57 bits per heavy atom. The van der Waals surface area contributed by atoms with Crippen molar-refractivity contribution < 1.29 is 13.2 Å². The van der Waals surface area contributed by atoms with Crippen LogP contribution in [0.1, 0.15) is 11.3 Å². The Kier molecular flexibility index (Phi) is 5.08. The van der Waals surface area contributed by atoms with Crippen molar-refractivity contribution in [2.24, 2.45) is 0 Å². The van der Waals surface area contributed by atoms with Gasteiger partial charge in [-0.2, -0.15) is 0 Å². The Hall–Kier alpha value is -2.31. The van der Waals surface area contributed by atoms with E-state index in [0.29, 0.717) is 22.7 Å². The highest BCUT2D eigenvalue weighted by molar-refractivity contribution is 7.92. The van der Waals surface area contributed by atoms with Crippen LogP contribution in [0, 0.1) is 0 Å². The summed E-state index contributed by atoms with van der Waals surface area (Å²) in [4.78, 5) is 4.15. The smallest absolute Gasteiger partial charge is 0.261 e. The summed E-state index contributed by atoms with van der Waals surface area (Å²) in [5.74, 6) is 0.400. The largest absolute Gasteiger partial charge is 0.495 e. The van der Waals surface area contributed by atoms with Crippen LogP contribution < -0.4 is 9.46 Å². The molecule has 7 heteroatoms. The molecular formula is C16H15ClN2O3S. The van der Waals surface area contributed by atoms with Crippen LogP contribution in [0.15, 0.2) is 48.5 Å². The fraction of sp³-hybridized carbons (Fsp3) is 0.0625. The van der Waals surface area contributed by atoms with Crippen LogP contribution in [0.2, 0.25) is 5.02 Å². The van der Waals surface area contributed by atoms with Crippen molar-refractivity contribution in [1.29, 1.82) is 0 Å². The molecule has 23 heavy (non-hydrogen) atoms. The van der Waals surface area contributed by atoms with Crippen molar-refractivity contribution in [3.8, 4) is 5.75 Å². The Bertz CT molecular complexity index is 864. The van der Waals surface area contributed by atoms with E-state index < -0.39 is 10.0 Å². The van der Waals surface area contributed by atoms with Gasteiger partial charge in [-0.05, 0) is 30.3 Å². The molecule has 0 aliphatic carbocycles. The average Bonchev–Trinajstić information content (AvgIpc) is 2.54. The molecule has 5 nitrogen and oxygen atoms in total. The summed E-state index contributed by atoms with van der Waals surface area (Å²) < 4.78 is 32.3. The number of benzene rings is 1. The molecule has 120 valence electrons. The Labute approximate surface area is 140 Å². The lowest BCUT2D eigenvalue weighted by molar-refractivity contribution is 0.414. The predicted octanol–water partition coefficient (Wildman–Crippen LogP) is 3.83. The van der Waals surface area contributed by atoms with Gasteiger partial charge in [0.05, 0.1) is 34.6 Å². The van der Waals surface area contributed by atoms with Crippen molar-refractivity contribution >= 4 is 39.5 Å². The van der Waals surface area contributed by atoms with Crippen LogP contribution in [0.3, 0.4) is 0 Å². The topological polar surface area (TPSA) is 68.3 Å². The highest BCUT2D eigenvalue weighted by atomic mass is 35.5. The van der Waals surface area contributed by atoms with Gasteiger partial charge in [0.1, 0.15) is 5.75 Å². The molecule has 1 aromatic carbocycles. The van der Waals surface area contributed by atoms with Crippen LogP contribution in [0.25, 0.3) is 12.2 Å². The molecular weight excluding hydrogens is 336 g/mol. The van der Waals surface area contributed by atoms with Gasteiger partial charge in [0.2, 0.25) is 0 Å². The summed E-state index contributed by atoms with van der Waals surface area (Å²) >= 11 is 5.97. The minimum absolute atomic E-state index is 0.0243. The number of nitrogens with zero attached hydrogens (tertiary/aromatic N) is 1. The first-order chi connectivity index (χ1) is 10.9. The number of ether oxygens (including phenoxy) is 1. The standard InChI is InChI=1S/C16H15ClN2O3S/c1-4-11-8-12(10-18-15(11)5-2)19-23(20,21)13-6-7-16(22-3)14(17)9-13/h4-10,19H,1-2H2,3H3. The van der Waals surface area contributed by atoms with E-state index in [0.717, 1.165) is 0 Å². The molecule has 0 saturated carbocycles. The Morgan fingerprint density at radius 1 is 1.26 bits per heavy atom. The summed E-state index contributed by atoms with van der Waals surface area (Å²) in [5, 5.41) is 0.210. The lowest BCUT2D eigenvalue weighted by Crippen LogP contribution is -2.13. The van der Waals surface area contributed by atoms with Crippen LogP contribution in [-0.2, 0) is 10.0 Å². The molecule has 0 fully saturated rings. The van der Waals surface area contributed by atoms with Crippen molar-refractivity contribution in [3.63, 3.8) is 0 Å². The highest BCUT2D eigenvalue weighted by Crippen LogP contribution is 2.28. The van der Waals surface area contributed by atoms with Crippen molar-refractivity contribution in [1.82, 2.24) is 4.98 Å². The zero-order valence-electron chi connectivity index (χ0n) is 12.4. The molecule has 0 saturated heterocycles. The van der Waals surface area contributed by atoms with Crippen molar-refractivity contribution in [2.75, 3.05) is 11.8 Å².